The van der Waals surface area contributed by atoms with Crippen LogP contribution in [0.2, 0.25) is 5.02 Å². The number of nitro benzene ring substituents is 1. The summed E-state index contributed by atoms with van der Waals surface area (Å²) in [6.45, 7) is 1.57. The number of nitrogens with zero attached hydrogens (tertiary/aromatic N) is 1. The summed E-state index contributed by atoms with van der Waals surface area (Å²) in [4.78, 5) is 9.74. The third kappa shape index (κ3) is 5.13. The number of para-hydroxylation sites is 1. The molecule has 0 amide bonds. The monoisotopic (exact) mass is 481 g/mol. The average Bonchev–Trinajstić information content (AvgIpc) is 2.71. The minimum Gasteiger partial charge on any atom is -0.280 e. The highest BCUT2D eigenvalue weighted by atomic mass is 35.5. The Labute approximate surface area is 183 Å². The number of rotatable bonds is 7. The number of hydrogen-bond acceptors (Lipinski definition) is 6. The summed E-state index contributed by atoms with van der Waals surface area (Å²) < 4.78 is 55.6. The molecule has 3 aromatic rings. The van der Waals surface area contributed by atoms with Crippen LogP contribution in [0, 0.1) is 17.0 Å². The number of non-ortho nitro benzene ring substituents is 1. The van der Waals surface area contributed by atoms with Gasteiger partial charge in [0, 0.05) is 12.1 Å². The molecule has 0 saturated heterocycles. The number of benzene rings is 3. The molecule has 0 aliphatic rings. The predicted molar refractivity (Wildman–Crippen MR) is 117 cm³/mol. The summed E-state index contributed by atoms with van der Waals surface area (Å²) in [5, 5.41) is 10.9. The third-order valence-electron chi connectivity index (χ3n) is 4.21. The molecule has 9 nitrogen and oxygen atoms in total. The molecule has 0 spiro atoms. The van der Waals surface area contributed by atoms with Crippen molar-refractivity contribution in [1.82, 2.24) is 0 Å². The van der Waals surface area contributed by atoms with E-state index in [2.05, 4.69) is 9.44 Å². The highest BCUT2D eigenvalue weighted by Gasteiger charge is 2.21. The topological polar surface area (TPSA) is 135 Å². The van der Waals surface area contributed by atoms with Crippen molar-refractivity contribution < 1.29 is 21.8 Å². The first-order valence-corrected chi connectivity index (χ1v) is 12.0. The lowest BCUT2D eigenvalue weighted by molar-refractivity contribution is -0.384. The Morgan fingerprint density at radius 2 is 1.52 bits per heavy atom. The molecule has 0 bridgehead atoms. The number of halogens is 1. The summed E-state index contributed by atoms with van der Waals surface area (Å²) in [6, 6.07) is 14.6. The minimum absolute atomic E-state index is 0.00323. The molecular formula is C19H16ClN3O6S2. The molecule has 0 aliphatic carbocycles. The molecule has 0 saturated carbocycles. The van der Waals surface area contributed by atoms with Gasteiger partial charge in [-0.15, -0.1) is 0 Å². The molecule has 0 aliphatic heterocycles. The van der Waals surface area contributed by atoms with Crippen molar-refractivity contribution in [3.63, 3.8) is 0 Å². The fraction of sp³-hybridized carbons (Fsp3) is 0.0526. The van der Waals surface area contributed by atoms with E-state index in [1.165, 1.54) is 30.3 Å². The average molecular weight is 482 g/mol. The van der Waals surface area contributed by atoms with Crippen LogP contribution in [0.15, 0.2) is 76.5 Å². The maximum atomic E-state index is 12.9. The van der Waals surface area contributed by atoms with Crippen molar-refractivity contribution in [2.45, 2.75) is 16.7 Å². The zero-order valence-electron chi connectivity index (χ0n) is 15.9. The van der Waals surface area contributed by atoms with Gasteiger partial charge in [-0.05, 0) is 48.9 Å². The molecule has 12 heteroatoms. The van der Waals surface area contributed by atoms with Crippen molar-refractivity contribution in [3.05, 3.63) is 87.4 Å². The second kappa shape index (κ2) is 8.53. The van der Waals surface area contributed by atoms with Gasteiger partial charge >= 0.3 is 0 Å². The number of hydrogen-bond donors (Lipinski definition) is 2. The van der Waals surface area contributed by atoms with Gasteiger partial charge in [0.05, 0.1) is 31.1 Å². The van der Waals surface area contributed by atoms with Crippen LogP contribution >= 0.6 is 11.6 Å². The second-order valence-electron chi connectivity index (χ2n) is 6.42. The van der Waals surface area contributed by atoms with Gasteiger partial charge in [0.25, 0.3) is 25.7 Å². The zero-order chi connectivity index (χ0) is 22.8. The molecule has 2 N–H and O–H groups in total. The molecule has 0 atom stereocenters. The molecule has 3 rings (SSSR count). The van der Waals surface area contributed by atoms with Crippen LogP contribution in [-0.4, -0.2) is 21.8 Å². The summed E-state index contributed by atoms with van der Waals surface area (Å²) in [6.07, 6.45) is 0. The summed E-state index contributed by atoms with van der Waals surface area (Å²) in [5.74, 6) is 0. The van der Waals surface area contributed by atoms with Crippen LogP contribution in [0.4, 0.5) is 17.1 Å². The molecule has 0 radical (unpaired) electrons. The lowest BCUT2D eigenvalue weighted by Crippen LogP contribution is -2.16. The molecule has 0 heterocycles. The van der Waals surface area contributed by atoms with Gasteiger partial charge in [-0.25, -0.2) is 16.8 Å². The van der Waals surface area contributed by atoms with E-state index in [4.69, 9.17) is 11.6 Å². The number of anilines is 2. The van der Waals surface area contributed by atoms with E-state index in [0.717, 1.165) is 24.3 Å². The van der Waals surface area contributed by atoms with Gasteiger partial charge in [-0.3, -0.25) is 19.6 Å². The van der Waals surface area contributed by atoms with Gasteiger partial charge < -0.3 is 0 Å². The van der Waals surface area contributed by atoms with Crippen molar-refractivity contribution >= 4 is 48.7 Å². The second-order valence-corrected chi connectivity index (χ2v) is 10.2. The van der Waals surface area contributed by atoms with Crippen molar-refractivity contribution in [2.75, 3.05) is 9.44 Å². The Morgan fingerprint density at radius 3 is 2.13 bits per heavy atom. The van der Waals surface area contributed by atoms with E-state index < -0.39 is 25.0 Å². The smallest absolute Gasteiger partial charge is 0.269 e. The first-order chi connectivity index (χ1) is 14.5. The highest BCUT2D eigenvalue weighted by molar-refractivity contribution is 7.93. The van der Waals surface area contributed by atoms with E-state index >= 15 is 0 Å². The normalized spacial score (nSPS) is 11.7. The lowest BCUT2D eigenvalue weighted by Gasteiger charge is -2.14. The quantitative estimate of drug-likeness (QED) is 0.384. The Bertz CT molecular complexity index is 1360. The highest BCUT2D eigenvalue weighted by Crippen LogP contribution is 2.28. The minimum atomic E-state index is -4.11. The Hall–Kier alpha value is -3.15. The summed E-state index contributed by atoms with van der Waals surface area (Å²) in [7, 11) is -8.17. The van der Waals surface area contributed by atoms with Crippen LogP contribution in [0.5, 0.6) is 0 Å². The number of nitrogens with one attached hydrogen (secondary N) is 2. The number of nitro groups is 1. The molecule has 0 aromatic heterocycles. The third-order valence-corrected chi connectivity index (χ3v) is 7.44. The van der Waals surface area contributed by atoms with Crippen molar-refractivity contribution in [2.24, 2.45) is 0 Å². The predicted octanol–water partition coefficient (Wildman–Crippen LogP) is 4.16. The van der Waals surface area contributed by atoms with Gasteiger partial charge in [0.1, 0.15) is 0 Å². The molecule has 0 fully saturated rings. The van der Waals surface area contributed by atoms with E-state index in [1.54, 1.807) is 19.1 Å². The number of sulfonamides is 2. The fourth-order valence-corrected chi connectivity index (χ4v) is 5.30. The fourth-order valence-electron chi connectivity index (χ4n) is 2.66. The van der Waals surface area contributed by atoms with Crippen molar-refractivity contribution in [3.8, 4) is 0 Å². The van der Waals surface area contributed by atoms with Crippen LogP contribution in [0.25, 0.3) is 0 Å². The molecule has 0 unspecified atom stereocenters. The SMILES string of the molecule is Cc1ccc(NS(=O)(=O)c2ccc([N+](=O)[O-])cc2)cc1S(=O)(=O)Nc1ccccc1Cl. The van der Waals surface area contributed by atoms with Crippen LogP contribution in [0.1, 0.15) is 5.56 Å². The Kier molecular flexibility index (Phi) is 6.20. The van der Waals surface area contributed by atoms with E-state index in [0.29, 0.717) is 5.56 Å². The van der Waals surface area contributed by atoms with Gasteiger partial charge in [-0.1, -0.05) is 29.8 Å². The van der Waals surface area contributed by atoms with Crippen molar-refractivity contribution in [1.29, 1.82) is 0 Å². The molecular weight excluding hydrogens is 466 g/mol. The summed E-state index contributed by atoms with van der Waals surface area (Å²) >= 11 is 6.01. The van der Waals surface area contributed by atoms with Gasteiger partial charge in [0.2, 0.25) is 0 Å². The maximum absolute atomic E-state index is 12.9. The number of aryl methyl sites for hydroxylation is 1. The lowest BCUT2D eigenvalue weighted by atomic mass is 10.2. The van der Waals surface area contributed by atoms with Gasteiger partial charge in [0.15, 0.2) is 0 Å². The summed E-state index contributed by atoms with van der Waals surface area (Å²) in [5.41, 5.74) is 0.315. The van der Waals surface area contributed by atoms with E-state index in [-0.39, 0.29) is 31.9 Å². The van der Waals surface area contributed by atoms with Crippen LogP contribution in [0.3, 0.4) is 0 Å². The molecule has 31 heavy (non-hydrogen) atoms. The van der Waals surface area contributed by atoms with E-state index in [9.17, 15) is 26.9 Å². The van der Waals surface area contributed by atoms with Gasteiger partial charge in [-0.2, -0.15) is 0 Å². The first kappa shape index (κ1) is 22.5. The van der Waals surface area contributed by atoms with Crippen LogP contribution < -0.4 is 9.44 Å². The molecule has 162 valence electrons. The Balaban J connectivity index is 1.91. The van der Waals surface area contributed by atoms with Crippen LogP contribution in [-0.2, 0) is 20.0 Å². The molecule has 3 aromatic carbocycles. The Morgan fingerprint density at radius 1 is 0.871 bits per heavy atom. The first-order valence-electron chi connectivity index (χ1n) is 8.65. The largest absolute Gasteiger partial charge is 0.280 e. The van der Waals surface area contributed by atoms with E-state index in [1.807, 2.05) is 0 Å². The standard InChI is InChI=1S/C19H16ClN3O6S2/c1-13-6-7-14(21-30(26,27)16-10-8-15(9-11-16)23(24)25)12-19(13)31(28,29)22-18-5-3-2-4-17(18)20/h2-12,21-22H,1H3. The zero-order valence-corrected chi connectivity index (χ0v) is 18.3. The maximum Gasteiger partial charge on any atom is 0.269 e.